The van der Waals surface area contributed by atoms with Gasteiger partial charge in [-0.1, -0.05) is 6.07 Å². The molecule has 0 aliphatic carbocycles. The fourth-order valence-corrected chi connectivity index (χ4v) is 3.10. The third-order valence-electron chi connectivity index (χ3n) is 4.51. The highest BCUT2D eigenvalue weighted by molar-refractivity contribution is 5.89. The fourth-order valence-electron chi connectivity index (χ4n) is 3.10. The summed E-state index contributed by atoms with van der Waals surface area (Å²) in [5.41, 5.74) is 1.50. The number of hydrogen-bond acceptors (Lipinski definition) is 6. The van der Waals surface area contributed by atoms with Crippen LogP contribution in [0.4, 0.5) is 10.5 Å². The zero-order valence-electron chi connectivity index (χ0n) is 15.2. The Morgan fingerprint density at radius 1 is 1.42 bits per heavy atom. The average Bonchev–Trinajstić information content (AvgIpc) is 3.27. The van der Waals surface area contributed by atoms with Crippen LogP contribution in [0, 0.1) is 12.8 Å². The number of rotatable bonds is 7. The molecule has 2 N–H and O–H groups in total. The van der Waals surface area contributed by atoms with Gasteiger partial charge in [-0.15, -0.1) is 5.10 Å². The Hall–Kier alpha value is -2.52. The van der Waals surface area contributed by atoms with Crippen molar-refractivity contribution < 1.29 is 9.53 Å². The lowest BCUT2D eigenvalue weighted by atomic mass is 10.1. The second-order valence-corrected chi connectivity index (χ2v) is 6.47. The zero-order valence-corrected chi connectivity index (χ0v) is 15.2. The number of urea groups is 1. The van der Waals surface area contributed by atoms with Crippen molar-refractivity contribution in [1.29, 1.82) is 0 Å². The van der Waals surface area contributed by atoms with Crippen LogP contribution in [0.2, 0.25) is 0 Å². The Labute approximate surface area is 152 Å². The van der Waals surface area contributed by atoms with Crippen LogP contribution in [0.25, 0.3) is 5.69 Å². The summed E-state index contributed by atoms with van der Waals surface area (Å²) < 4.78 is 6.73. The maximum absolute atomic E-state index is 12.2. The van der Waals surface area contributed by atoms with E-state index in [0.717, 1.165) is 38.3 Å². The van der Waals surface area contributed by atoms with Crippen molar-refractivity contribution in [3.8, 4) is 5.69 Å². The van der Waals surface area contributed by atoms with Crippen molar-refractivity contribution in [3.63, 3.8) is 0 Å². The maximum Gasteiger partial charge on any atom is 0.319 e. The van der Waals surface area contributed by atoms with Gasteiger partial charge in [-0.25, -0.2) is 4.79 Å². The molecule has 0 unspecified atom stereocenters. The molecule has 9 nitrogen and oxygen atoms in total. The number of hydrogen-bond donors (Lipinski definition) is 2. The van der Waals surface area contributed by atoms with Crippen LogP contribution >= 0.6 is 0 Å². The number of aromatic nitrogens is 4. The number of amides is 2. The van der Waals surface area contributed by atoms with Gasteiger partial charge in [0.1, 0.15) is 0 Å². The van der Waals surface area contributed by atoms with Crippen LogP contribution < -0.4 is 10.6 Å². The summed E-state index contributed by atoms with van der Waals surface area (Å²) in [6, 6.07) is 7.22. The number of methoxy groups -OCH3 is 1. The molecule has 3 rings (SSSR count). The minimum atomic E-state index is -0.203. The molecule has 1 aliphatic heterocycles. The van der Waals surface area contributed by atoms with Gasteiger partial charge in [0.05, 0.1) is 12.3 Å². The first kappa shape index (κ1) is 18.3. The van der Waals surface area contributed by atoms with Crippen molar-refractivity contribution in [1.82, 2.24) is 30.4 Å². The molecule has 1 saturated heterocycles. The molecule has 2 aromatic rings. The Morgan fingerprint density at radius 3 is 3.08 bits per heavy atom. The lowest BCUT2D eigenvalue weighted by molar-refractivity contribution is 0.159. The van der Waals surface area contributed by atoms with Gasteiger partial charge in [0.25, 0.3) is 0 Å². The van der Waals surface area contributed by atoms with Crippen LogP contribution in [-0.4, -0.2) is 71.0 Å². The lowest BCUT2D eigenvalue weighted by Gasteiger charge is -2.16. The number of carbonyl (C=O) groups is 1. The van der Waals surface area contributed by atoms with E-state index in [0.29, 0.717) is 24.0 Å². The standard InChI is InChI=1S/C17H25N7O2/c1-13-20-21-22-24(13)16-5-3-4-15(10-16)19-17(25)18-11-14-6-7-23(12-14)8-9-26-2/h3-5,10,14H,6-9,11-12H2,1-2H3,(H2,18,19,25)/t14-/m1/s1. The van der Waals surface area contributed by atoms with Crippen molar-refractivity contribution >= 4 is 11.7 Å². The van der Waals surface area contributed by atoms with Gasteiger partial charge in [0.15, 0.2) is 5.82 Å². The Morgan fingerprint density at radius 2 is 2.31 bits per heavy atom. The predicted octanol–water partition coefficient (Wildman–Crippen LogP) is 1.06. The summed E-state index contributed by atoms with van der Waals surface area (Å²) in [6.45, 7) is 6.24. The molecule has 1 aliphatic rings. The Kier molecular flexibility index (Phi) is 6.13. The van der Waals surface area contributed by atoms with Gasteiger partial charge in [0, 0.05) is 32.4 Å². The van der Waals surface area contributed by atoms with Crippen molar-refractivity contribution in [2.45, 2.75) is 13.3 Å². The predicted molar refractivity (Wildman–Crippen MR) is 97.3 cm³/mol. The third-order valence-corrected chi connectivity index (χ3v) is 4.51. The van der Waals surface area contributed by atoms with Crippen molar-refractivity contribution in [3.05, 3.63) is 30.1 Å². The van der Waals surface area contributed by atoms with E-state index in [9.17, 15) is 4.79 Å². The first-order chi connectivity index (χ1) is 12.7. The number of likely N-dealkylation sites (tertiary alicyclic amines) is 1. The fraction of sp³-hybridized carbons (Fsp3) is 0.529. The number of tetrazole rings is 1. The molecular formula is C17H25N7O2. The number of nitrogens with zero attached hydrogens (tertiary/aromatic N) is 5. The topological polar surface area (TPSA) is 97.2 Å². The molecular weight excluding hydrogens is 334 g/mol. The van der Waals surface area contributed by atoms with Gasteiger partial charge >= 0.3 is 6.03 Å². The largest absolute Gasteiger partial charge is 0.383 e. The Bertz CT molecular complexity index is 733. The summed E-state index contributed by atoms with van der Waals surface area (Å²) in [6.07, 6.45) is 1.10. The molecule has 9 heteroatoms. The van der Waals surface area contributed by atoms with E-state index in [2.05, 4.69) is 31.1 Å². The molecule has 0 radical (unpaired) electrons. The SMILES string of the molecule is COCCN1CC[C@H](CNC(=O)Nc2cccc(-n3nnnc3C)c2)C1. The Balaban J connectivity index is 1.48. The van der Waals surface area contributed by atoms with Crippen LogP contribution in [-0.2, 0) is 4.74 Å². The molecule has 2 heterocycles. The maximum atomic E-state index is 12.2. The molecule has 2 amide bonds. The highest BCUT2D eigenvalue weighted by Crippen LogP contribution is 2.16. The monoisotopic (exact) mass is 359 g/mol. The third kappa shape index (κ3) is 4.77. The van der Waals surface area contributed by atoms with Crippen LogP contribution in [0.3, 0.4) is 0 Å². The highest BCUT2D eigenvalue weighted by Gasteiger charge is 2.22. The first-order valence-electron chi connectivity index (χ1n) is 8.77. The molecule has 0 spiro atoms. The summed E-state index contributed by atoms with van der Waals surface area (Å²) in [5.74, 6) is 1.17. The summed E-state index contributed by atoms with van der Waals surface area (Å²) in [4.78, 5) is 14.6. The quantitative estimate of drug-likeness (QED) is 0.767. The second kappa shape index (κ2) is 8.72. The number of anilines is 1. The average molecular weight is 359 g/mol. The summed E-state index contributed by atoms with van der Waals surface area (Å²) in [5, 5.41) is 17.3. The zero-order chi connectivity index (χ0) is 18.4. The van der Waals surface area contributed by atoms with Gasteiger partial charge < -0.3 is 20.3 Å². The molecule has 26 heavy (non-hydrogen) atoms. The van der Waals surface area contributed by atoms with E-state index >= 15 is 0 Å². The van der Waals surface area contributed by atoms with E-state index in [4.69, 9.17) is 4.74 Å². The van der Waals surface area contributed by atoms with Gasteiger partial charge in [-0.3, -0.25) is 0 Å². The van der Waals surface area contributed by atoms with E-state index in [-0.39, 0.29) is 6.03 Å². The van der Waals surface area contributed by atoms with Gasteiger partial charge in [0.2, 0.25) is 0 Å². The molecule has 1 aromatic carbocycles. The molecule has 1 atom stereocenters. The van der Waals surface area contributed by atoms with Crippen molar-refractivity contribution in [2.75, 3.05) is 45.2 Å². The molecule has 1 aromatic heterocycles. The normalized spacial score (nSPS) is 17.4. The minimum absolute atomic E-state index is 0.203. The van der Waals surface area contributed by atoms with Gasteiger partial charge in [-0.05, 0) is 54.4 Å². The summed E-state index contributed by atoms with van der Waals surface area (Å²) in [7, 11) is 1.72. The number of ether oxygens (including phenoxy) is 1. The number of nitrogens with one attached hydrogen (secondary N) is 2. The first-order valence-corrected chi connectivity index (χ1v) is 8.77. The van der Waals surface area contributed by atoms with E-state index < -0.39 is 0 Å². The minimum Gasteiger partial charge on any atom is -0.383 e. The van der Waals surface area contributed by atoms with E-state index in [1.807, 2.05) is 31.2 Å². The smallest absolute Gasteiger partial charge is 0.319 e. The highest BCUT2D eigenvalue weighted by atomic mass is 16.5. The molecule has 0 saturated carbocycles. The van der Waals surface area contributed by atoms with Crippen molar-refractivity contribution in [2.24, 2.45) is 5.92 Å². The van der Waals surface area contributed by atoms with E-state index in [1.165, 1.54) is 0 Å². The number of benzene rings is 1. The van der Waals surface area contributed by atoms with Crippen LogP contribution in [0.1, 0.15) is 12.2 Å². The van der Waals surface area contributed by atoms with Crippen LogP contribution in [0.5, 0.6) is 0 Å². The number of carbonyl (C=O) groups excluding carboxylic acids is 1. The van der Waals surface area contributed by atoms with Gasteiger partial charge in [-0.2, -0.15) is 4.68 Å². The molecule has 0 bridgehead atoms. The van der Waals surface area contributed by atoms with Crippen LogP contribution in [0.15, 0.2) is 24.3 Å². The molecule has 1 fully saturated rings. The number of aryl methyl sites for hydroxylation is 1. The second-order valence-electron chi connectivity index (χ2n) is 6.47. The summed E-state index contributed by atoms with van der Waals surface area (Å²) >= 11 is 0. The van der Waals surface area contributed by atoms with E-state index in [1.54, 1.807) is 11.8 Å². The lowest BCUT2D eigenvalue weighted by Crippen LogP contribution is -2.34. The molecule has 140 valence electrons.